The molecule has 0 aromatic heterocycles. The second-order valence-electron chi connectivity index (χ2n) is 6.86. The number of hydrogen-bond acceptors (Lipinski definition) is 1. The summed E-state index contributed by atoms with van der Waals surface area (Å²) in [5, 5.41) is 0. The molecule has 0 spiro atoms. The molecule has 1 aliphatic rings. The Bertz CT molecular complexity index is 889. The van der Waals surface area contributed by atoms with Gasteiger partial charge in [-0.05, 0) is 53.3 Å². The predicted molar refractivity (Wildman–Crippen MR) is 104 cm³/mol. The van der Waals surface area contributed by atoms with Crippen LogP contribution in [0, 0.1) is 0 Å². The van der Waals surface area contributed by atoms with Gasteiger partial charge in [-0.25, -0.2) is 0 Å². The van der Waals surface area contributed by atoms with Crippen molar-refractivity contribution < 1.29 is 4.74 Å². The largest absolute Gasteiger partial charge is 0.497 e. The van der Waals surface area contributed by atoms with Crippen molar-refractivity contribution in [3.63, 3.8) is 0 Å². The van der Waals surface area contributed by atoms with Crippen LogP contribution in [0.4, 0.5) is 0 Å². The maximum absolute atomic E-state index is 5.37. The molecule has 0 amide bonds. The van der Waals surface area contributed by atoms with E-state index in [4.69, 9.17) is 4.74 Å². The van der Waals surface area contributed by atoms with E-state index in [9.17, 15) is 0 Å². The van der Waals surface area contributed by atoms with E-state index < -0.39 is 0 Å². The van der Waals surface area contributed by atoms with E-state index in [1.807, 2.05) is 0 Å². The van der Waals surface area contributed by atoms with Gasteiger partial charge >= 0.3 is 0 Å². The maximum Gasteiger partial charge on any atom is 0.118 e. The molecule has 25 heavy (non-hydrogen) atoms. The van der Waals surface area contributed by atoms with Crippen LogP contribution in [0.2, 0.25) is 0 Å². The molecule has 0 fully saturated rings. The van der Waals surface area contributed by atoms with E-state index in [2.05, 4.69) is 86.3 Å². The summed E-state index contributed by atoms with van der Waals surface area (Å²) < 4.78 is 5.37. The highest BCUT2D eigenvalue weighted by molar-refractivity contribution is 5.83. The summed E-state index contributed by atoms with van der Waals surface area (Å²) in [7, 11) is 1.71. The van der Waals surface area contributed by atoms with Gasteiger partial charge in [-0.2, -0.15) is 0 Å². The van der Waals surface area contributed by atoms with E-state index in [0.29, 0.717) is 0 Å². The van der Waals surface area contributed by atoms with E-state index in [1.54, 1.807) is 7.11 Å². The Balaban J connectivity index is 2.05. The van der Waals surface area contributed by atoms with Crippen LogP contribution < -0.4 is 4.74 Å². The molecule has 1 nitrogen and oxygen atoms in total. The van der Waals surface area contributed by atoms with Crippen molar-refractivity contribution in [3.8, 4) is 16.9 Å². The molecule has 0 heterocycles. The zero-order valence-corrected chi connectivity index (χ0v) is 14.8. The molecule has 0 unspecified atom stereocenters. The van der Waals surface area contributed by atoms with Crippen LogP contribution in [-0.2, 0) is 5.41 Å². The number of allylic oxidation sites excluding steroid dienone is 1. The molecule has 0 radical (unpaired) electrons. The van der Waals surface area contributed by atoms with Gasteiger partial charge in [0.2, 0.25) is 0 Å². The zero-order chi connectivity index (χ0) is 17.4. The molecule has 1 heteroatoms. The first-order valence-electron chi connectivity index (χ1n) is 8.65. The molecule has 0 atom stereocenters. The summed E-state index contributed by atoms with van der Waals surface area (Å²) >= 11 is 0. The third-order valence-electron chi connectivity index (χ3n) is 5.21. The molecule has 0 aliphatic heterocycles. The van der Waals surface area contributed by atoms with E-state index in [0.717, 1.165) is 12.2 Å². The van der Waals surface area contributed by atoms with Crippen molar-refractivity contribution in [2.24, 2.45) is 0 Å². The fourth-order valence-electron chi connectivity index (χ4n) is 4.26. The fraction of sp³-hybridized carbons (Fsp3) is 0.167. The Kier molecular flexibility index (Phi) is 3.73. The molecule has 0 bridgehead atoms. The smallest absolute Gasteiger partial charge is 0.118 e. The van der Waals surface area contributed by atoms with Gasteiger partial charge < -0.3 is 4.74 Å². The van der Waals surface area contributed by atoms with E-state index >= 15 is 0 Å². The second kappa shape index (κ2) is 5.93. The molecular formula is C24H22O. The Labute approximate surface area is 149 Å². The van der Waals surface area contributed by atoms with Crippen molar-refractivity contribution in [1.29, 1.82) is 0 Å². The van der Waals surface area contributed by atoms with Gasteiger partial charge in [-0.15, -0.1) is 6.58 Å². The standard InChI is InChI=1S/C24H22O/c1-17(2)16-24(18-12-14-19(25-3)15-13-18)22-10-6-4-8-20(22)21-9-5-7-11-23(21)24/h4-15H,1,16H2,2-3H3. The molecule has 3 aromatic rings. The van der Waals surface area contributed by atoms with Gasteiger partial charge in [0.25, 0.3) is 0 Å². The summed E-state index contributed by atoms with van der Waals surface area (Å²) in [6.45, 7) is 6.36. The van der Waals surface area contributed by atoms with Crippen molar-refractivity contribution >= 4 is 0 Å². The summed E-state index contributed by atoms with van der Waals surface area (Å²) in [5.74, 6) is 0.883. The van der Waals surface area contributed by atoms with Gasteiger partial charge in [0.05, 0.1) is 7.11 Å². The number of benzene rings is 3. The lowest BCUT2D eigenvalue weighted by Crippen LogP contribution is -2.27. The Morgan fingerprint density at radius 2 is 1.36 bits per heavy atom. The third kappa shape index (κ3) is 2.31. The second-order valence-corrected chi connectivity index (χ2v) is 6.86. The van der Waals surface area contributed by atoms with Crippen LogP contribution >= 0.6 is 0 Å². The predicted octanol–water partition coefficient (Wildman–Crippen LogP) is 5.98. The van der Waals surface area contributed by atoms with Crippen LogP contribution in [0.5, 0.6) is 5.75 Å². The maximum atomic E-state index is 5.37. The fourth-order valence-corrected chi connectivity index (χ4v) is 4.26. The summed E-state index contributed by atoms with van der Waals surface area (Å²) in [6, 6.07) is 26.0. The van der Waals surface area contributed by atoms with E-state index in [1.165, 1.54) is 33.4 Å². The summed E-state index contributed by atoms with van der Waals surface area (Å²) in [4.78, 5) is 0. The molecular weight excluding hydrogens is 304 g/mol. The quantitative estimate of drug-likeness (QED) is 0.536. The summed E-state index contributed by atoms with van der Waals surface area (Å²) in [6.07, 6.45) is 0.896. The third-order valence-corrected chi connectivity index (χ3v) is 5.21. The molecule has 0 N–H and O–H groups in total. The van der Waals surface area contributed by atoms with Crippen molar-refractivity contribution in [3.05, 3.63) is 102 Å². The number of rotatable bonds is 4. The van der Waals surface area contributed by atoms with Gasteiger partial charge in [0.15, 0.2) is 0 Å². The zero-order valence-electron chi connectivity index (χ0n) is 14.8. The molecule has 124 valence electrons. The van der Waals surface area contributed by atoms with Crippen LogP contribution in [0.15, 0.2) is 84.9 Å². The average molecular weight is 326 g/mol. The Hall–Kier alpha value is -2.80. The lowest BCUT2D eigenvalue weighted by atomic mass is 9.69. The van der Waals surface area contributed by atoms with Crippen LogP contribution in [-0.4, -0.2) is 7.11 Å². The number of methoxy groups -OCH3 is 1. The first-order chi connectivity index (χ1) is 12.2. The minimum atomic E-state index is -0.189. The SMILES string of the molecule is C=C(C)CC1(c2ccc(OC)cc2)c2ccccc2-c2ccccc21. The highest BCUT2D eigenvalue weighted by Gasteiger charge is 2.44. The van der Waals surface area contributed by atoms with E-state index in [-0.39, 0.29) is 5.41 Å². The van der Waals surface area contributed by atoms with Gasteiger partial charge in [0, 0.05) is 5.41 Å². The minimum absolute atomic E-state index is 0.189. The first kappa shape index (κ1) is 15.7. The lowest BCUT2D eigenvalue weighted by molar-refractivity contribution is 0.414. The first-order valence-corrected chi connectivity index (χ1v) is 8.65. The highest BCUT2D eigenvalue weighted by atomic mass is 16.5. The molecule has 4 rings (SSSR count). The van der Waals surface area contributed by atoms with Crippen LogP contribution in [0.1, 0.15) is 30.0 Å². The highest BCUT2D eigenvalue weighted by Crippen LogP contribution is 2.55. The molecule has 0 saturated carbocycles. The number of hydrogen-bond donors (Lipinski definition) is 0. The molecule has 1 aliphatic carbocycles. The van der Waals surface area contributed by atoms with Crippen molar-refractivity contribution in [2.75, 3.05) is 7.11 Å². The Morgan fingerprint density at radius 1 is 0.840 bits per heavy atom. The Morgan fingerprint density at radius 3 is 1.84 bits per heavy atom. The minimum Gasteiger partial charge on any atom is -0.497 e. The molecule has 3 aromatic carbocycles. The average Bonchev–Trinajstić information content (AvgIpc) is 2.93. The normalized spacial score (nSPS) is 13.8. The number of ether oxygens (including phenoxy) is 1. The van der Waals surface area contributed by atoms with Crippen LogP contribution in [0.25, 0.3) is 11.1 Å². The van der Waals surface area contributed by atoms with Crippen molar-refractivity contribution in [2.45, 2.75) is 18.8 Å². The van der Waals surface area contributed by atoms with Gasteiger partial charge in [-0.1, -0.05) is 66.2 Å². The summed E-state index contributed by atoms with van der Waals surface area (Å²) in [5.41, 5.74) is 7.67. The van der Waals surface area contributed by atoms with Gasteiger partial charge in [-0.3, -0.25) is 0 Å². The number of fused-ring (bicyclic) bond motifs is 3. The van der Waals surface area contributed by atoms with Crippen LogP contribution in [0.3, 0.4) is 0 Å². The lowest BCUT2D eigenvalue weighted by Gasteiger charge is -2.33. The monoisotopic (exact) mass is 326 g/mol. The molecule has 0 saturated heterocycles. The topological polar surface area (TPSA) is 9.23 Å². The van der Waals surface area contributed by atoms with Gasteiger partial charge in [0.1, 0.15) is 5.75 Å². The van der Waals surface area contributed by atoms with Crippen molar-refractivity contribution in [1.82, 2.24) is 0 Å².